The third kappa shape index (κ3) is 3.84. The SMILES string of the molecule is Nc1cc(Br)cc(Br)c1NS(=O)(=O)c1ccc(Cl)c(Cl)c1. The van der Waals surface area contributed by atoms with Crippen LogP contribution in [0.15, 0.2) is 44.2 Å². The van der Waals surface area contributed by atoms with Gasteiger partial charge in [-0.1, -0.05) is 39.1 Å². The van der Waals surface area contributed by atoms with Crippen molar-refractivity contribution in [2.24, 2.45) is 0 Å². The molecule has 2 aromatic rings. The first-order chi connectivity index (χ1) is 9.70. The van der Waals surface area contributed by atoms with Crippen LogP contribution in [0.2, 0.25) is 10.0 Å². The number of halogens is 4. The standard InChI is InChI=1S/C12H8Br2Cl2N2O2S/c13-6-3-8(14)12(11(17)4-6)18-21(19,20)7-1-2-9(15)10(16)5-7/h1-5,18H,17H2. The number of sulfonamides is 1. The molecule has 112 valence electrons. The van der Waals surface area contributed by atoms with E-state index < -0.39 is 10.0 Å². The molecule has 0 saturated heterocycles. The maximum Gasteiger partial charge on any atom is 0.262 e. The quantitative estimate of drug-likeness (QED) is 0.621. The lowest BCUT2D eigenvalue weighted by molar-refractivity contribution is 0.601. The van der Waals surface area contributed by atoms with Gasteiger partial charge in [-0.15, -0.1) is 0 Å². The number of hydrogen-bond acceptors (Lipinski definition) is 3. The van der Waals surface area contributed by atoms with E-state index in [2.05, 4.69) is 36.6 Å². The van der Waals surface area contributed by atoms with E-state index in [1.807, 2.05) is 0 Å². The van der Waals surface area contributed by atoms with Crippen LogP contribution in [0.25, 0.3) is 0 Å². The van der Waals surface area contributed by atoms with Gasteiger partial charge < -0.3 is 5.73 Å². The second kappa shape index (κ2) is 6.34. The highest BCUT2D eigenvalue weighted by molar-refractivity contribution is 9.11. The fourth-order valence-electron chi connectivity index (χ4n) is 1.54. The molecule has 0 unspecified atom stereocenters. The van der Waals surface area contributed by atoms with Crippen LogP contribution in [0.4, 0.5) is 11.4 Å². The van der Waals surface area contributed by atoms with E-state index in [9.17, 15) is 8.42 Å². The van der Waals surface area contributed by atoms with Crippen molar-refractivity contribution in [2.45, 2.75) is 4.90 Å². The predicted molar refractivity (Wildman–Crippen MR) is 93.5 cm³/mol. The first-order valence-electron chi connectivity index (χ1n) is 5.43. The van der Waals surface area contributed by atoms with Crippen molar-refractivity contribution in [3.63, 3.8) is 0 Å². The van der Waals surface area contributed by atoms with Gasteiger partial charge in [0, 0.05) is 8.95 Å². The molecule has 0 radical (unpaired) electrons. The number of anilines is 2. The van der Waals surface area contributed by atoms with Crippen LogP contribution in [0.5, 0.6) is 0 Å². The fraction of sp³-hybridized carbons (Fsp3) is 0. The lowest BCUT2D eigenvalue weighted by Gasteiger charge is -2.13. The zero-order chi connectivity index (χ0) is 15.8. The Bertz CT molecular complexity index is 790. The molecule has 0 bridgehead atoms. The second-order valence-electron chi connectivity index (χ2n) is 4.03. The average molecular weight is 475 g/mol. The van der Waals surface area contributed by atoms with Crippen molar-refractivity contribution in [3.8, 4) is 0 Å². The molecule has 9 heteroatoms. The molecule has 0 aliphatic rings. The lowest BCUT2D eigenvalue weighted by Crippen LogP contribution is -2.14. The molecule has 0 amide bonds. The Morgan fingerprint density at radius 3 is 2.29 bits per heavy atom. The number of nitrogens with two attached hydrogens (primary N) is 1. The van der Waals surface area contributed by atoms with Gasteiger partial charge in [0.05, 0.1) is 26.3 Å². The smallest absolute Gasteiger partial charge is 0.262 e. The molecule has 0 aromatic heterocycles. The summed E-state index contributed by atoms with van der Waals surface area (Å²) in [6.45, 7) is 0. The van der Waals surface area contributed by atoms with E-state index in [-0.39, 0.29) is 26.3 Å². The molecule has 0 spiro atoms. The van der Waals surface area contributed by atoms with E-state index in [1.165, 1.54) is 18.2 Å². The van der Waals surface area contributed by atoms with Gasteiger partial charge in [0.1, 0.15) is 0 Å². The summed E-state index contributed by atoms with van der Waals surface area (Å²) in [7, 11) is -3.83. The summed E-state index contributed by atoms with van der Waals surface area (Å²) in [6, 6.07) is 7.33. The highest BCUT2D eigenvalue weighted by atomic mass is 79.9. The van der Waals surface area contributed by atoms with Crippen LogP contribution in [-0.2, 0) is 10.0 Å². The van der Waals surface area contributed by atoms with Gasteiger partial charge in [-0.05, 0) is 46.3 Å². The Kier molecular flexibility index (Phi) is 5.10. The van der Waals surface area contributed by atoms with E-state index in [0.29, 0.717) is 4.47 Å². The number of nitrogens with one attached hydrogen (secondary N) is 1. The molecule has 0 atom stereocenters. The van der Waals surface area contributed by atoms with Gasteiger partial charge in [0.25, 0.3) is 10.0 Å². The second-order valence-corrected chi connectivity index (χ2v) is 8.30. The van der Waals surface area contributed by atoms with Gasteiger partial charge in [0.2, 0.25) is 0 Å². The van der Waals surface area contributed by atoms with Crippen molar-refractivity contribution in [1.29, 1.82) is 0 Å². The molecule has 0 fully saturated rings. The number of rotatable bonds is 3. The molecular weight excluding hydrogens is 467 g/mol. The van der Waals surface area contributed by atoms with Gasteiger partial charge in [-0.2, -0.15) is 0 Å². The Labute approximate surface area is 148 Å². The van der Waals surface area contributed by atoms with Gasteiger partial charge in [-0.3, -0.25) is 4.72 Å². The Balaban J connectivity index is 2.44. The zero-order valence-electron chi connectivity index (χ0n) is 10.2. The maximum atomic E-state index is 12.4. The summed E-state index contributed by atoms with van der Waals surface area (Å²) >= 11 is 18.2. The fourth-order valence-corrected chi connectivity index (χ4v) is 4.52. The maximum absolute atomic E-state index is 12.4. The Morgan fingerprint density at radius 1 is 1.05 bits per heavy atom. The minimum absolute atomic E-state index is 0.00822. The van der Waals surface area contributed by atoms with Gasteiger partial charge in [-0.25, -0.2) is 8.42 Å². The van der Waals surface area contributed by atoms with Crippen molar-refractivity contribution in [2.75, 3.05) is 10.5 Å². The first kappa shape index (κ1) is 16.9. The topological polar surface area (TPSA) is 72.2 Å². The van der Waals surface area contributed by atoms with Crippen molar-refractivity contribution in [3.05, 3.63) is 49.3 Å². The molecule has 0 aliphatic heterocycles. The Hall–Kier alpha value is -0.470. The monoisotopic (exact) mass is 472 g/mol. The van der Waals surface area contributed by atoms with Crippen molar-refractivity contribution >= 4 is 76.5 Å². The normalized spacial score (nSPS) is 11.4. The van der Waals surface area contributed by atoms with Crippen LogP contribution in [0.1, 0.15) is 0 Å². The van der Waals surface area contributed by atoms with E-state index in [1.54, 1.807) is 12.1 Å². The lowest BCUT2D eigenvalue weighted by atomic mass is 10.3. The van der Waals surface area contributed by atoms with Crippen LogP contribution in [-0.4, -0.2) is 8.42 Å². The molecular formula is C12H8Br2Cl2N2O2S. The largest absolute Gasteiger partial charge is 0.397 e. The molecule has 4 nitrogen and oxygen atoms in total. The van der Waals surface area contributed by atoms with Crippen LogP contribution < -0.4 is 10.5 Å². The van der Waals surface area contributed by atoms with Crippen LogP contribution in [0.3, 0.4) is 0 Å². The summed E-state index contributed by atoms with van der Waals surface area (Å²) in [5.41, 5.74) is 6.36. The van der Waals surface area contributed by atoms with Gasteiger partial charge in [0.15, 0.2) is 0 Å². The summed E-state index contributed by atoms with van der Waals surface area (Å²) in [6.07, 6.45) is 0. The zero-order valence-corrected chi connectivity index (χ0v) is 15.7. The highest BCUT2D eigenvalue weighted by Crippen LogP contribution is 2.34. The van der Waals surface area contributed by atoms with Crippen LogP contribution in [0, 0.1) is 0 Å². The highest BCUT2D eigenvalue weighted by Gasteiger charge is 2.18. The first-order valence-corrected chi connectivity index (χ1v) is 9.25. The molecule has 3 N–H and O–H groups in total. The van der Waals surface area contributed by atoms with E-state index >= 15 is 0 Å². The number of nitrogen functional groups attached to an aromatic ring is 1. The minimum atomic E-state index is -3.83. The summed E-state index contributed by atoms with van der Waals surface area (Å²) in [4.78, 5) is -0.00822. The third-order valence-corrected chi connectivity index (χ3v) is 5.69. The van der Waals surface area contributed by atoms with Crippen LogP contribution >= 0.6 is 55.1 Å². The third-order valence-electron chi connectivity index (χ3n) is 2.52. The van der Waals surface area contributed by atoms with Crippen molar-refractivity contribution in [1.82, 2.24) is 0 Å². The molecule has 0 heterocycles. The van der Waals surface area contributed by atoms with Gasteiger partial charge >= 0.3 is 0 Å². The Morgan fingerprint density at radius 2 is 1.71 bits per heavy atom. The summed E-state index contributed by atoms with van der Waals surface area (Å²) in [5.74, 6) is 0. The molecule has 21 heavy (non-hydrogen) atoms. The molecule has 0 saturated carbocycles. The summed E-state index contributed by atoms with van der Waals surface area (Å²) < 4.78 is 28.4. The van der Waals surface area contributed by atoms with Crippen molar-refractivity contribution < 1.29 is 8.42 Å². The number of benzene rings is 2. The molecule has 0 aliphatic carbocycles. The minimum Gasteiger partial charge on any atom is -0.397 e. The predicted octanol–water partition coefficient (Wildman–Crippen LogP) is 4.90. The molecule has 2 rings (SSSR count). The average Bonchev–Trinajstić information content (AvgIpc) is 2.37. The van der Waals surface area contributed by atoms with E-state index in [0.717, 1.165) is 4.47 Å². The van der Waals surface area contributed by atoms with E-state index in [4.69, 9.17) is 28.9 Å². The summed E-state index contributed by atoms with van der Waals surface area (Å²) in [5, 5.41) is 0.433. The molecule has 2 aromatic carbocycles. The number of hydrogen-bond donors (Lipinski definition) is 2.